The third-order valence-electron chi connectivity index (χ3n) is 4.63. The van der Waals surface area contributed by atoms with Crippen LogP contribution in [0.25, 0.3) is 0 Å². The third-order valence-corrected chi connectivity index (χ3v) is 6.51. The van der Waals surface area contributed by atoms with E-state index in [1.165, 1.54) is 30.0 Å². The maximum absolute atomic E-state index is 13.7. The SMILES string of the molecule is CCNC(=O)[C@H](C)N(Cc1ccc(Cl)c(Cl)c1)C(=O)CN(c1cccc(F)c1)S(C)(=O)=O. The Morgan fingerprint density at radius 3 is 2.38 bits per heavy atom. The van der Waals surface area contributed by atoms with Gasteiger partial charge in [-0.2, -0.15) is 0 Å². The monoisotopic (exact) mass is 503 g/mol. The molecule has 0 saturated carbocycles. The van der Waals surface area contributed by atoms with Crippen molar-refractivity contribution in [2.45, 2.75) is 26.4 Å². The number of hydrogen-bond donors (Lipinski definition) is 1. The molecule has 11 heteroatoms. The van der Waals surface area contributed by atoms with Crippen LogP contribution in [-0.4, -0.2) is 50.5 Å². The van der Waals surface area contributed by atoms with E-state index >= 15 is 0 Å². The first-order valence-electron chi connectivity index (χ1n) is 9.68. The first-order chi connectivity index (χ1) is 14.9. The van der Waals surface area contributed by atoms with Crippen LogP contribution in [-0.2, 0) is 26.2 Å². The fourth-order valence-electron chi connectivity index (χ4n) is 2.98. The summed E-state index contributed by atoms with van der Waals surface area (Å²) in [6, 6.07) is 8.78. The van der Waals surface area contributed by atoms with Gasteiger partial charge in [0.1, 0.15) is 18.4 Å². The lowest BCUT2D eigenvalue weighted by atomic mass is 10.1. The number of likely N-dealkylation sites (N-methyl/N-ethyl adjacent to an activating group) is 1. The Bertz CT molecular complexity index is 1100. The van der Waals surface area contributed by atoms with Gasteiger partial charge >= 0.3 is 0 Å². The predicted octanol–water partition coefficient (Wildman–Crippen LogP) is 3.45. The summed E-state index contributed by atoms with van der Waals surface area (Å²) < 4.78 is 39.2. The van der Waals surface area contributed by atoms with Gasteiger partial charge in [-0.05, 0) is 49.7 Å². The summed E-state index contributed by atoms with van der Waals surface area (Å²) in [7, 11) is -3.92. The van der Waals surface area contributed by atoms with Gasteiger partial charge in [0.15, 0.2) is 0 Å². The summed E-state index contributed by atoms with van der Waals surface area (Å²) in [5, 5.41) is 3.26. The van der Waals surface area contributed by atoms with Gasteiger partial charge in [0.2, 0.25) is 21.8 Å². The average molecular weight is 504 g/mol. The molecule has 1 atom stereocenters. The number of sulfonamides is 1. The summed E-state index contributed by atoms with van der Waals surface area (Å²) in [4.78, 5) is 27.0. The van der Waals surface area contributed by atoms with Crippen molar-refractivity contribution in [2.75, 3.05) is 23.7 Å². The summed E-state index contributed by atoms with van der Waals surface area (Å²) in [5.41, 5.74) is 0.599. The average Bonchev–Trinajstić information content (AvgIpc) is 2.71. The maximum Gasteiger partial charge on any atom is 0.244 e. The fraction of sp³-hybridized carbons (Fsp3) is 0.333. The van der Waals surface area contributed by atoms with Crippen LogP contribution in [0.5, 0.6) is 0 Å². The molecule has 0 radical (unpaired) electrons. The highest BCUT2D eigenvalue weighted by atomic mass is 35.5. The largest absolute Gasteiger partial charge is 0.355 e. The van der Waals surface area contributed by atoms with Crippen molar-refractivity contribution in [2.24, 2.45) is 0 Å². The molecule has 0 aliphatic carbocycles. The second kappa shape index (κ2) is 11.0. The molecular weight excluding hydrogens is 480 g/mol. The highest BCUT2D eigenvalue weighted by Crippen LogP contribution is 2.24. The zero-order valence-corrected chi connectivity index (χ0v) is 20.1. The lowest BCUT2D eigenvalue weighted by Crippen LogP contribution is -2.51. The van der Waals surface area contributed by atoms with Crippen LogP contribution in [0.15, 0.2) is 42.5 Å². The number of nitrogens with one attached hydrogen (secondary N) is 1. The van der Waals surface area contributed by atoms with Crippen LogP contribution in [0.1, 0.15) is 19.4 Å². The molecule has 0 unspecified atom stereocenters. The Labute approximate surface area is 197 Å². The molecule has 0 aliphatic rings. The molecule has 1 N–H and O–H groups in total. The number of carbonyl (C=O) groups is 2. The molecule has 7 nitrogen and oxygen atoms in total. The van der Waals surface area contributed by atoms with Crippen LogP contribution in [0, 0.1) is 5.82 Å². The Morgan fingerprint density at radius 2 is 1.81 bits per heavy atom. The van der Waals surface area contributed by atoms with Gasteiger partial charge in [0.25, 0.3) is 0 Å². The third kappa shape index (κ3) is 6.82. The topological polar surface area (TPSA) is 86.8 Å². The van der Waals surface area contributed by atoms with Gasteiger partial charge in [-0.3, -0.25) is 13.9 Å². The van der Waals surface area contributed by atoms with E-state index < -0.39 is 40.2 Å². The van der Waals surface area contributed by atoms with Gasteiger partial charge in [-0.1, -0.05) is 35.3 Å². The molecule has 0 saturated heterocycles. The van der Waals surface area contributed by atoms with Crippen molar-refractivity contribution in [3.8, 4) is 0 Å². The first kappa shape index (κ1) is 25.9. The molecule has 2 aromatic carbocycles. The first-order valence-corrected chi connectivity index (χ1v) is 12.3. The number of hydrogen-bond acceptors (Lipinski definition) is 4. The molecule has 2 aromatic rings. The Kier molecular flexibility index (Phi) is 8.89. The predicted molar refractivity (Wildman–Crippen MR) is 124 cm³/mol. The molecular formula is C21H24Cl2FN3O4S. The van der Waals surface area contributed by atoms with Gasteiger partial charge in [0, 0.05) is 13.1 Å². The molecule has 0 aromatic heterocycles. The van der Waals surface area contributed by atoms with Crippen LogP contribution >= 0.6 is 23.2 Å². The molecule has 32 heavy (non-hydrogen) atoms. The van der Waals surface area contributed by atoms with E-state index in [4.69, 9.17) is 23.2 Å². The molecule has 0 heterocycles. The van der Waals surface area contributed by atoms with Gasteiger partial charge in [-0.25, -0.2) is 12.8 Å². The van der Waals surface area contributed by atoms with E-state index in [1.54, 1.807) is 25.1 Å². The van der Waals surface area contributed by atoms with Crippen LogP contribution < -0.4 is 9.62 Å². The van der Waals surface area contributed by atoms with E-state index in [-0.39, 0.29) is 17.3 Å². The van der Waals surface area contributed by atoms with Crippen molar-refractivity contribution in [1.29, 1.82) is 0 Å². The van der Waals surface area contributed by atoms with E-state index in [0.29, 0.717) is 17.1 Å². The molecule has 174 valence electrons. The highest BCUT2D eigenvalue weighted by Gasteiger charge is 2.30. The van der Waals surface area contributed by atoms with Crippen molar-refractivity contribution >= 4 is 50.7 Å². The molecule has 2 amide bonds. The zero-order chi connectivity index (χ0) is 24.1. The Morgan fingerprint density at radius 1 is 1.12 bits per heavy atom. The number of halogens is 3. The number of carbonyl (C=O) groups excluding carboxylic acids is 2. The number of amides is 2. The van der Waals surface area contributed by atoms with Gasteiger partial charge < -0.3 is 10.2 Å². The minimum Gasteiger partial charge on any atom is -0.355 e. The van der Waals surface area contributed by atoms with Crippen molar-refractivity contribution in [3.05, 3.63) is 63.9 Å². The fourth-order valence-corrected chi connectivity index (χ4v) is 4.15. The molecule has 0 fully saturated rings. The smallest absolute Gasteiger partial charge is 0.244 e. The van der Waals surface area contributed by atoms with E-state index in [2.05, 4.69) is 5.32 Å². The minimum absolute atomic E-state index is 0.000926. The number of rotatable bonds is 9. The summed E-state index contributed by atoms with van der Waals surface area (Å²) in [6.07, 6.45) is 0.918. The number of benzene rings is 2. The second-order valence-electron chi connectivity index (χ2n) is 7.09. The Hall–Kier alpha value is -2.36. The van der Waals surface area contributed by atoms with Crippen LogP contribution in [0.4, 0.5) is 10.1 Å². The van der Waals surface area contributed by atoms with E-state index in [0.717, 1.165) is 16.6 Å². The van der Waals surface area contributed by atoms with E-state index in [9.17, 15) is 22.4 Å². The molecule has 0 spiro atoms. The van der Waals surface area contributed by atoms with Crippen LogP contribution in [0.2, 0.25) is 10.0 Å². The number of nitrogens with zero attached hydrogens (tertiary/aromatic N) is 2. The molecule has 0 aliphatic heterocycles. The van der Waals surface area contributed by atoms with E-state index in [1.807, 2.05) is 0 Å². The summed E-state index contributed by atoms with van der Waals surface area (Å²) in [6.45, 7) is 3.00. The lowest BCUT2D eigenvalue weighted by Gasteiger charge is -2.31. The molecule has 2 rings (SSSR count). The Balaban J connectivity index is 2.40. The highest BCUT2D eigenvalue weighted by molar-refractivity contribution is 7.92. The standard InChI is InChI=1S/C21H24Cl2FN3O4S/c1-4-25-21(29)14(2)26(12-15-8-9-18(22)19(23)10-15)20(28)13-27(32(3,30)31)17-7-5-6-16(24)11-17/h5-11,14H,4,12-13H2,1-3H3,(H,25,29)/t14-/m0/s1. The molecule has 0 bridgehead atoms. The normalized spacial score (nSPS) is 12.2. The zero-order valence-electron chi connectivity index (χ0n) is 17.8. The second-order valence-corrected chi connectivity index (χ2v) is 9.81. The lowest BCUT2D eigenvalue weighted by molar-refractivity contribution is -0.139. The number of anilines is 1. The van der Waals surface area contributed by atoms with Gasteiger partial charge in [0.05, 0.1) is 22.0 Å². The van der Waals surface area contributed by atoms with Crippen LogP contribution in [0.3, 0.4) is 0 Å². The summed E-state index contributed by atoms with van der Waals surface area (Å²) in [5.74, 6) is -1.70. The summed E-state index contributed by atoms with van der Waals surface area (Å²) >= 11 is 12.0. The minimum atomic E-state index is -3.92. The van der Waals surface area contributed by atoms with Crippen molar-refractivity contribution in [1.82, 2.24) is 10.2 Å². The van der Waals surface area contributed by atoms with Crippen molar-refractivity contribution in [3.63, 3.8) is 0 Å². The maximum atomic E-state index is 13.7. The van der Waals surface area contributed by atoms with Crippen molar-refractivity contribution < 1.29 is 22.4 Å². The van der Waals surface area contributed by atoms with Gasteiger partial charge in [-0.15, -0.1) is 0 Å². The quantitative estimate of drug-likeness (QED) is 0.567.